The van der Waals surface area contributed by atoms with Crippen LogP contribution in [0.2, 0.25) is 0 Å². The monoisotopic (exact) mass is 346 g/mol. The number of thiazole rings is 1. The Labute approximate surface area is 148 Å². The molecule has 0 aliphatic heterocycles. The van der Waals surface area contributed by atoms with Crippen LogP contribution in [-0.4, -0.2) is 31.1 Å². The molecule has 2 N–H and O–H groups in total. The van der Waals surface area contributed by atoms with Crippen molar-refractivity contribution in [1.29, 1.82) is 0 Å². The maximum Gasteiger partial charge on any atom is 0.191 e. The Morgan fingerprint density at radius 2 is 2.04 bits per heavy atom. The molecule has 0 saturated carbocycles. The topological polar surface area (TPSA) is 58.5 Å². The number of methoxy groups -OCH3 is 1. The molecule has 2 rings (SSSR count). The lowest BCUT2D eigenvalue weighted by atomic mass is 10.1. The number of nitrogens with zero attached hydrogens (tertiary/aromatic N) is 2. The zero-order chi connectivity index (χ0) is 17.2. The van der Waals surface area contributed by atoms with E-state index in [4.69, 9.17) is 4.74 Å². The predicted molar refractivity (Wildman–Crippen MR) is 101 cm³/mol. The van der Waals surface area contributed by atoms with Crippen LogP contribution in [0.15, 0.2) is 35.5 Å². The molecule has 1 aromatic carbocycles. The molecule has 2 aromatic rings. The van der Waals surface area contributed by atoms with E-state index >= 15 is 0 Å². The minimum absolute atomic E-state index is 0.610. The molecule has 0 amide bonds. The lowest BCUT2D eigenvalue weighted by Crippen LogP contribution is -2.38. The van der Waals surface area contributed by atoms with E-state index in [1.165, 1.54) is 16.0 Å². The van der Waals surface area contributed by atoms with Crippen LogP contribution in [0.5, 0.6) is 0 Å². The fourth-order valence-corrected chi connectivity index (χ4v) is 3.11. The van der Waals surface area contributed by atoms with Gasteiger partial charge in [-0.1, -0.05) is 24.3 Å². The molecule has 0 fully saturated rings. The number of aliphatic imine (C=N–C) groups is 1. The van der Waals surface area contributed by atoms with Crippen molar-refractivity contribution in [2.75, 3.05) is 20.2 Å². The molecule has 0 spiro atoms. The number of rotatable bonds is 8. The van der Waals surface area contributed by atoms with Crippen LogP contribution in [0.3, 0.4) is 0 Å². The fourth-order valence-electron chi connectivity index (χ4n) is 2.32. The van der Waals surface area contributed by atoms with E-state index in [-0.39, 0.29) is 0 Å². The van der Waals surface area contributed by atoms with Crippen molar-refractivity contribution in [3.63, 3.8) is 0 Å². The van der Waals surface area contributed by atoms with Crippen molar-refractivity contribution < 1.29 is 4.74 Å². The van der Waals surface area contributed by atoms with E-state index in [9.17, 15) is 0 Å². The number of ether oxygens (including phenoxy) is 1. The molecule has 0 saturated heterocycles. The van der Waals surface area contributed by atoms with E-state index in [0.29, 0.717) is 13.2 Å². The van der Waals surface area contributed by atoms with E-state index in [2.05, 4.69) is 46.6 Å². The summed E-state index contributed by atoms with van der Waals surface area (Å²) in [5.74, 6) is 0.831. The second kappa shape index (κ2) is 10.1. The SMILES string of the molecule is CCNC(=NCc1ccccc1COC)NCCc1ncc(C)s1. The van der Waals surface area contributed by atoms with Gasteiger partial charge in [0.2, 0.25) is 0 Å². The summed E-state index contributed by atoms with van der Waals surface area (Å²) in [4.78, 5) is 10.3. The van der Waals surface area contributed by atoms with Crippen LogP contribution >= 0.6 is 11.3 Å². The van der Waals surface area contributed by atoms with Gasteiger partial charge in [-0.25, -0.2) is 9.98 Å². The van der Waals surface area contributed by atoms with Gasteiger partial charge in [0.1, 0.15) is 0 Å². The van der Waals surface area contributed by atoms with Crippen LogP contribution in [0.4, 0.5) is 0 Å². The Bertz CT molecular complexity index is 654. The third-order valence-electron chi connectivity index (χ3n) is 3.47. The molecule has 0 unspecified atom stereocenters. The highest BCUT2D eigenvalue weighted by molar-refractivity contribution is 7.11. The highest BCUT2D eigenvalue weighted by Crippen LogP contribution is 2.12. The quantitative estimate of drug-likeness (QED) is 0.570. The van der Waals surface area contributed by atoms with Crippen LogP contribution in [-0.2, 0) is 24.3 Å². The number of nitrogens with one attached hydrogen (secondary N) is 2. The average molecular weight is 347 g/mol. The van der Waals surface area contributed by atoms with Gasteiger partial charge in [0.15, 0.2) is 5.96 Å². The van der Waals surface area contributed by atoms with E-state index in [1.807, 2.05) is 18.3 Å². The summed E-state index contributed by atoms with van der Waals surface area (Å²) in [7, 11) is 1.71. The van der Waals surface area contributed by atoms with E-state index in [1.54, 1.807) is 18.4 Å². The van der Waals surface area contributed by atoms with Crippen molar-refractivity contribution >= 4 is 17.3 Å². The lowest BCUT2D eigenvalue weighted by molar-refractivity contribution is 0.184. The number of guanidine groups is 1. The van der Waals surface area contributed by atoms with E-state index < -0.39 is 0 Å². The lowest BCUT2D eigenvalue weighted by Gasteiger charge is -2.12. The molecule has 1 heterocycles. The maximum atomic E-state index is 5.25. The predicted octanol–water partition coefficient (Wildman–Crippen LogP) is 2.90. The molecule has 0 radical (unpaired) electrons. The summed E-state index contributed by atoms with van der Waals surface area (Å²) in [5.41, 5.74) is 2.37. The number of benzene rings is 1. The molecule has 0 atom stereocenters. The summed E-state index contributed by atoms with van der Waals surface area (Å²) >= 11 is 1.75. The number of aryl methyl sites for hydroxylation is 1. The van der Waals surface area contributed by atoms with Gasteiger partial charge in [-0.3, -0.25) is 0 Å². The van der Waals surface area contributed by atoms with Crippen molar-refractivity contribution in [1.82, 2.24) is 15.6 Å². The minimum atomic E-state index is 0.610. The minimum Gasteiger partial charge on any atom is -0.380 e. The molecular formula is C18H26N4OS. The summed E-state index contributed by atoms with van der Waals surface area (Å²) in [6.45, 7) is 7.04. The zero-order valence-electron chi connectivity index (χ0n) is 14.6. The van der Waals surface area contributed by atoms with Gasteiger partial charge >= 0.3 is 0 Å². The zero-order valence-corrected chi connectivity index (χ0v) is 15.4. The van der Waals surface area contributed by atoms with Gasteiger partial charge in [0, 0.05) is 37.7 Å². The van der Waals surface area contributed by atoms with Gasteiger partial charge in [0.05, 0.1) is 18.2 Å². The average Bonchev–Trinajstić information content (AvgIpc) is 2.99. The first-order chi connectivity index (χ1) is 11.7. The third-order valence-corrected chi connectivity index (χ3v) is 4.44. The summed E-state index contributed by atoms with van der Waals surface area (Å²) in [6.07, 6.45) is 2.83. The highest BCUT2D eigenvalue weighted by atomic mass is 32.1. The Morgan fingerprint density at radius 1 is 1.25 bits per heavy atom. The van der Waals surface area contributed by atoms with Gasteiger partial charge in [-0.2, -0.15) is 0 Å². The molecule has 0 aliphatic rings. The molecule has 1 aromatic heterocycles. The molecule has 6 heteroatoms. The molecule has 130 valence electrons. The van der Waals surface area contributed by atoms with E-state index in [0.717, 1.165) is 30.5 Å². The summed E-state index contributed by atoms with van der Waals surface area (Å²) in [5, 5.41) is 7.81. The largest absolute Gasteiger partial charge is 0.380 e. The Balaban J connectivity index is 1.92. The third kappa shape index (κ3) is 5.94. The Kier molecular flexibility index (Phi) is 7.71. The van der Waals surface area contributed by atoms with Gasteiger partial charge in [-0.15, -0.1) is 11.3 Å². The van der Waals surface area contributed by atoms with Crippen molar-refractivity contribution in [2.45, 2.75) is 33.4 Å². The van der Waals surface area contributed by atoms with Crippen LogP contribution < -0.4 is 10.6 Å². The first-order valence-corrected chi connectivity index (χ1v) is 9.03. The van der Waals surface area contributed by atoms with Crippen LogP contribution in [0, 0.1) is 6.92 Å². The maximum absolute atomic E-state index is 5.25. The second-order valence-corrected chi connectivity index (χ2v) is 6.76. The molecule has 5 nitrogen and oxygen atoms in total. The van der Waals surface area contributed by atoms with Gasteiger partial charge in [-0.05, 0) is 25.0 Å². The molecule has 0 bridgehead atoms. The molecule has 0 aliphatic carbocycles. The number of hydrogen-bond donors (Lipinski definition) is 2. The highest BCUT2D eigenvalue weighted by Gasteiger charge is 2.03. The van der Waals surface area contributed by atoms with Crippen LogP contribution in [0.1, 0.15) is 27.9 Å². The fraction of sp³-hybridized carbons (Fsp3) is 0.444. The van der Waals surface area contributed by atoms with Crippen LogP contribution in [0.25, 0.3) is 0 Å². The number of hydrogen-bond acceptors (Lipinski definition) is 4. The van der Waals surface area contributed by atoms with Gasteiger partial charge < -0.3 is 15.4 Å². The standard InChI is InChI=1S/C18H26N4OS/c1-4-19-18(20-10-9-17-21-11-14(2)24-17)22-12-15-7-5-6-8-16(15)13-23-3/h5-8,11H,4,9-10,12-13H2,1-3H3,(H2,19,20,22). The first kappa shape index (κ1) is 18.4. The number of aromatic nitrogens is 1. The first-order valence-electron chi connectivity index (χ1n) is 8.22. The Hall–Kier alpha value is -1.92. The summed E-state index contributed by atoms with van der Waals surface area (Å²) < 4.78 is 5.25. The van der Waals surface area contributed by atoms with Crippen molar-refractivity contribution in [2.24, 2.45) is 4.99 Å². The van der Waals surface area contributed by atoms with Gasteiger partial charge in [0.25, 0.3) is 0 Å². The second-order valence-electron chi connectivity index (χ2n) is 5.44. The van der Waals surface area contributed by atoms with Crippen molar-refractivity contribution in [3.05, 3.63) is 51.5 Å². The summed E-state index contributed by atoms with van der Waals surface area (Å²) in [6, 6.07) is 8.25. The smallest absolute Gasteiger partial charge is 0.191 e. The molecular weight excluding hydrogens is 320 g/mol. The Morgan fingerprint density at radius 3 is 2.71 bits per heavy atom. The van der Waals surface area contributed by atoms with Crippen molar-refractivity contribution in [3.8, 4) is 0 Å². The molecule has 24 heavy (non-hydrogen) atoms. The normalized spacial score (nSPS) is 11.5.